The molecule has 0 aromatic heterocycles. The molecule has 3 rings (SSSR count). The first-order valence-electron chi connectivity index (χ1n) is 7.43. The van der Waals surface area contributed by atoms with Gasteiger partial charge < -0.3 is 5.32 Å². The zero-order chi connectivity index (χ0) is 16.6. The van der Waals surface area contributed by atoms with Gasteiger partial charge in [0.2, 0.25) is 5.91 Å². The quantitative estimate of drug-likeness (QED) is 0.874. The van der Waals surface area contributed by atoms with Crippen LogP contribution in [0, 0.1) is 13.8 Å². The molecule has 2 amide bonds. The second kappa shape index (κ2) is 6.05. The number of nitrogens with one attached hydrogen (secondary N) is 1. The lowest BCUT2D eigenvalue weighted by atomic mass is 10.1. The Kier molecular flexibility index (Phi) is 4.09. The number of para-hydroxylation sites is 2. The van der Waals surface area contributed by atoms with E-state index in [0.717, 1.165) is 16.8 Å². The van der Waals surface area contributed by atoms with Crippen LogP contribution in [0.5, 0.6) is 0 Å². The molecule has 4 nitrogen and oxygen atoms in total. The van der Waals surface area contributed by atoms with Gasteiger partial charge in [-0.05, 0) is 37.1 Å². The molecule has 118 valence electrons. The molecule has 0 spiro atoms. The highest BCUT2D eigenvalue weighted by molar-refractivity contribution is 6.36. The van der Waals surface area contributed by atoms with Crippen LogP contribution in [-0.4, -0.2) is 17.9 Å². The van der Waals surface area contributed by atoms with E-state index in [4.69, 9.17) is 11.6 Å². The van der Waals surface area contributed by atoms with Crippen LogP contribution in [0.15, 0.2) is 42.5 Å². The van der Waals surface area contributed by atoms with E-state index in [1.807, 2.05) is 32.0 Å². The van der Waals surface area contributed by atoms with E-state index < -0.39 is 6.04 Å². The van der Waals surface area contributed by atoms with Gasteiger partial charge in [0.05, 0.1) is 17.1 Å². The molecule has 0 bridgehead atoms. The summed E-state index contributed by atoms with van der Waals surface area (Å²) < 4.78 is 0. The average molecular weight is 329 g/mol. The molecule has 5 heteroatoms. The normalized spacial score (nSPS) is 17.7. The molecule has 0 unspecified atom stereocenters. The van der Waals surface area contributed by atoms with Crippen LogP contribution in [-0.2, 0) is 9.59 Å². The van der Waals surface area contributed by atoms with Gasteiger partial charge in [-0.1, -0.05) is 41.9 Å². The van der Waals surface area contributed by atoms with Crippen molar-refractivity contribution < 1.29 is 9.59 Å². The Bertz CT molecular complexity index is 768. The highest BCUT2D eigenvalue weighted by Gasteiger charge is 2.40. The van der Waals surface area contributed by atoms with E-state index in [1.165, 1.54) is 4.90 Å². The van der Waals surface area contributed by atoms with Gasteiger partial charge in [-0.25, -0.2) is 4.90 Å². The predicted molar refractivity (Wildman–Crippen MR) is 91.9 cm³/mol. The molecule has 23 heavy (non-hydrogen) atoms. The van der Waals surface area contributed by atoms with Crippen molar-refractivity contribution in [3.8, 4) is 0 Å². The molecular weight excluding hydrogens is 312 g/mol. The van der Waals surface area contributed by atoms with Crippen molar-refractivity contribution >= 4 is 34.8 Å². The van der Waals surface area contributed by atoms with Crippen molar-refractivity contribution in [2.75, 3.05) is 10.2 Å². The summed E-state index contributed by atoms with van der Waals surface area (Å²) in [7, 11) is 0. The van der Waals surface area contributed by atoms with Crippen molar-refractivity contribution in [3.05, 3.63) is 58.6 Å². The van der Waals surface area contributed by atoms with Gasteiger partial charge in [0, 0.05) is 5.69 Å². The lowest BCUT2D eigenvalue weighted by molar-refractivity contribution is -0.121. The van der Waals surface area contributed by atoms with Gasteiger partial charge in [-0.3, -0.25) is 9.59 Å². The minimum atomic E-state index is -0.571. The second-order valence-corrected chi connectivity index (χ2v) is 6.09. The maximum absolute atomic E-state index is 12.7. The van der Waals surface area contributed by atoms with Crippen molar-refractivity contribution in [2.24, 2.45) is 0 Å². The van der Waals surface area contributed by atoms with Crippen molar-refractivity contribution in [3.63, 3.8) is 0 Å². The summed E-state index contributed by atoms with van der Waals surface area (Å²) in [6.07, 6.45) is 0.123. The topological polar surface area (TPSA) is 49.4 Å². The number of amides is 2. The third-order valence-corrected chi connectivity index (χ3v) is 4.36. The third kappa shape index (κ3) is 2.82. The number of carbonyl (C=O) groups is 2. The van der Waals surface area contributed by atoms with E-state index >= 15 is 0 Å². The molecule has 1 fully saturated rings. The molecule has 1 heterocycles. The molecule has 0 saturated carbocycles. The zero-order valence-electron chi connectivity index (χ0n) is 13.0. The third-order valence-electron chi connectivity index (χ3n) is 4.04. The van der Waals surface area contributed by atoms with Gasteiger partial charge in [0.25, 0.3) is 5.91 Å². The van der Waals surface area contributed by atoms with Crippen LogP contribution in [0.4, 0.5) is 11.4 Å². The van der Waals surface area contributed by atoms with E-state index in [9.17, 15) is 9.59 Å². The summed E-state index contributed by atoms with van der Waals surface area (Å²) >= 11 is 6.13. The molecule has 1 aliphatic heterocycles. The first kappa shape index (κ1) is 15.6. The summed E-state index contributed by atoms with van der Waals surface area (Å²) in [5.74, 6) is -0.516. The first-order chi connectivity index (χ1) is 11.0. The van der Waals surface area contributed by atoms with Gasteiger partial charge >= 0.3 is 0 Å². The largest absolute Gasteiger partial charge is 0.373 e. The molecular formula is C18H17ClN2O2. The molecule has 1 atom stereocenters. The average Bonchev–Trinajstić information content (AvgIpc) is 2.78. The smallest absolute Gasteiger partial charge is 0.256 e. The van der Waals surface area contributed by atoms with Crippen molar-refractivity contribution in [1.29, 1.82) is 0 Å². The fourth-order valence-electron chi connectivity index (χ4n) is 2.85. The molecule has 1 saturated heterocycles. The summed E-state index contributed by atoms with van der Waals surface area (Å²) in [5.41, 5.74) is 3.43. The highest BCUT2D eigenvalue weighted by Crippen LogP contribution is 2.31. The number of hydrogen-bond acceptors (Lipinski definition) is 3. The van der Waals surface area contributed by atoms with Crippen LogP contribution in [0.2, 0.25) is 5.02 Å². The second-order valence-electron chi connectivity index (χ2n) is 5.69. The maximum atomic E-state index is 12.7. The number of rotatable bonds is 3. The van der Waals surface area contributed by atoms with Gasteiger partial charge in [0.1, 0.15) is 6.04 Å². The number of hydrogen-bond donors (Lipinski definition) is 1. The number of nitrogens with zero attached hydrogens (tertiary/aromatic N) is 1. The Morgan fingerprint density at radius 1 is 1.04 bits per heavy atom. The Morgan fingerprint density at radius 3 is 2.35 bits per heavy atom. The molecule has 0 aliphatic carbocycles. The lowest BCUT2D eigenvalue weighted by Crippen LogP contribution is -2.35. The first-order valence-corrected chi connectivity index (χ1v) is 7.81. The number of benzene rings is 2. The van der Waals surface area contributed by atoms with Crippen LogP contribution in [0.1, 0.15) is 17.5 Å². The summed E-state index contributed by atoms with van der Waals surface area (Å²) in [6, 6.07) is 12.2. The van der Waals surface area contributed by atoms with E-state index in [2.05, 4.69) is 5.32 Å². The monoisotopic (exact) mass is 328 g/mol. The Labute approximate surface area is 140 Å². The van der Waals surface area contributed by atoms with E-state index in [0.29, 0.717) is 10.7 Å². The standard InChI is InChI=1S/C18H17ClN2O2/c1-11-6-5-7-12(2)17(11)20-14-10-16(22)21(18(14)23)15-9-4-3-8-13(15)19/h3-9,14,20H,10H2,1-2H3/t14-/m0/s1. The minimum absolute atomic E-state index is 0.123. The Balaban J connectivity index is 1.89. The number of imide groups is 1. The molecule has 0 radical (unpaired) electrons. The fraction of sp³-hybridized carbons (Fsp3) is 0.222. The molecule has 2 aromatic rings. The number of carbonyl (C=O) groups excluding carboxylic acids is 2. The maximum Gasteiger partial charge on any atom is 0.256 e. The number of aryl methyl sites for hydroxylation is 2. The van der Waals surface area contributed by atoms with Crippen LogP contribution >= 0.6 is 11.6 Å². The summed E-state index contributed by atoms with van der Waals surface area (Å²) in [4.78, 5) is 26.2. The summed E-state index contributed by atoms with van der Waals surface area (Å²) in [6.45, 7) is 3.95. The minimum Gasteiger partial charge on any atom is -0.373 e. The fourth-order valence-corrected chi connectivity index (χ4v) is 3.07. The van der Waals surface area contributed by atoms with E-state index in [1.54, 1.807) is 24.3 Å². The van der Waals surface area contributed by atoms with E-state index in [-0.39, 0.29) is 18.2 Å². The van der Waals surface area contributed by atoms with Crippen LogP contribution in [0.3, 0.4) is 0 Å². The SMILES string of the molecule is Cc1cccc(C)c1N[C@H]1CC(=O)N(c2ccccc2Cl)C1=O. The van der Waals surface area contributed by atoms with Crippen LogP contribution in [0.25, 0.3) is 0 Å². The van der Waals surface area contributed by atoms with Crippen LogP contribution < -0.4 is 10.2 Å². The number of halogens is 1. The number of anilines is 2. The zero-order valence-corrected chi connectivity index (χ0v) is 13.7. The molecule has 1 aliphatic rings. The molecule has 1 N–H and O–H groups in total. The summed E-state index contributed by atoms with van der Waals surface area (Å²) in [5, 5.41) is 3.61. The van der Waals surface area contributed by atoms with Gasteiger partial charge in [0.15, 0.2) is 0 Å². The highest BCUT2D eigenvalue weighted by atomic mass is 35.5. The lowest BCUT2D eigenvalue weighted by Gasteiger charge is -2.19. The van der Waals surface area contributed by atoms with Gasteiger partial charge in [-0.15, -0.1) is 0 Å². The van der Waals surface area contributed by atoms with Crippen molar-refractivity contribution in [1.82, 2.24) is 0 Å². The Hall–Kier alpha value is -2.33. The van der Waals surface area contributed by atoms with Gasteiger partial charge in [-0.2, -0.15) is 0 Å². The van der Waals surface area contributed by atoms with Crippen molar-refractivity contribution in [2.45, 2.75) is 26.3 Å². The Morgan fingerprint density at radius 2 is 1.70 bits per heavy atom. The molecule has 2 aromatic carbocycles. The predicted octanol–water partition coefficient (Wildman–Crippen LogP) is 3.70.